The topological polar surface area (TPSA) is 74.7 Å². The van der Waals surface area contributed by atoms with Gasteiger partial charge in [0.2, 0.25) is 11.8 Å². The van der Waals surface area contributed by atoms with Crippen LogP contribution >= 0.6 is 0 Å². The molecule has 214 valence electrons. The monoisotopic (exact) mass is 566 g/mol. The number of halogens is 2. The molecule has 1 saturated heterocycles. The highest BCUT2D eigenvalue weighted by Crippen LogP contribution is 2.52. The second-order valence-electron chi connectivity index (χ2n) is 12.9. The van der Waals surface area contributed by atoms with E-state index >= 15 is 0 Å². The number of nitrogens with zero attached hydrogens (tertiary/aromatic N) is 3. The van der Waals surface area contributed by atoms with Gasteiger partial charge in [0, 0.05) is 35.8 Å². The first-order valence-corrected chi connectivity index (χ1v) is 15.1. The zero-order chi connectivity index (χ0) is 28.6. The van der Waals surface area contributed by atoms with Crippen molar-refractivity contribution in [1.29, 1.82) is 0 Å². The molecular formula is C34H32F2N4O2. The predicted molar refractivity (Wildman–Crippen MR) is 154 cm³/mol. The van der Waals surface area contributed by atoms with Gasteiger partial charge in [0.05, 0.1) is 17.0 Å². The van der Waals surface area contributed by atoms with Crippen molar-refractivity contribution in [2.75, 3.05) is 0 Å². The largest absolute Gasteiger partial charge is 0.331 e. The molecular weight excluding hydrogens is 534 g/mol. The Morgan fingerprint density at radius 2 is 1.71 bits per heavy atom. The van der Waals surface area contributed by atoms with Gasteiger partial charge in [-0.2, -0.15) is 0 Å². The number of piperidine rings is 1. The van der Waals surface area contributed by atoms with E-state index in [1.807, 2.05) is 17.3 Å². The molecule has 2 atom stereocenters. The summed E-state index contributed by atoms with van der Waals surface area (Å²) in [6.45, 7) is 0.323. The maximum atomic E-state index is 14.3. The van der Waals surface area contributed by atoms with Crippen molar-refractivity contribution in [2.24, 2.45) is 15.8 Å². The molecule has 0 bridgehead atoms. The highest BCUT2D eigenvalue weighted by Gasteiger charge is 2.52. The summed E-state index contributed by atoms with van der Waals surface area (Å²) in [6, 6.07) is 9.51. The van der Waals surface area contributed by atoms with E-state index in [9.17, 15) is 18.4 Å². The summed E-state index contributed by atoms with van der Waals surface area (Å²) in [5, 5.41) is 3.98. The van der Waals surface area contributed by atoms with Gasteiger partial charge in [-0.25, -0.2) is 13.8 Å². The Morgan fingerprint density at radius 3 is 2.50 bits per heavy atom. The van der Waals surface area contributed by atoms with E-state index in [1.54, 1.807) is 0 Å². The molecule has 2 aromatic carbocycles. The molecule has 8 rings (SSSR count). The Kier molecular flexibility index (Phi) is 5.69. The first kappa shape index (κ1) is 25.7. The number of likely N-dealkylation sites (tertiary alicyclic amines) is 1. The molecule has 3 aliphatic heterocycles. The number of aliphatic imine (C=N–C) groups is 1. The van der Waals surface area contributed by atoms with Crippen molar-refractivity contribution in [1.82, 2.24) is 15.2 Å². The number of benzene rings is 2. The van der Waals surface area contributed by atoms with Crippen molar-refractivity contribution in [3.63, 3.8) is 0 Å². The third-order valence-corrected chi connectivity index (χ3v) is 10.5. The number of pyridine rings is 1. The fourth-order valence-corrected chi connectivity index (χ4v) is 8.44. The molecule has 5 aliphatic rings. The van der Waals surface area contributed by atoms with Crippen LogP contribution in [0.1, 0.15) is 79.7 Å². The van der Waals surface area contributed by atoms with Crippen molar-refractivity contribution in [2.45, 2.75) is 76.8 Å². The third kappa shape index (κ3) is 3.87. The van der Waals surface area contributed by atoms with Gasteiger partial charge in [-0.3, -0.25) is 14.6 Å². The average molecular weight is 567 g/mol. The zero-order valence-corrected chi connectivity index (χ0v) is 23.4. The van der Waals surface area contributed by atoms with Crippen LogP contribution in [0.3, 0.4) is 0 Å². The van der Waals surface area contributed by atoms with E-state index < -0.39 is 23.1 Å². The minimum absolute atomic E-state index is 0.0322. The SMILES string of the molecule is O=C1N(Cc2cnc3cc4c(cc3c2)CC2(C4)C(=O)NC3=C2CCC=N3)C(c2cc(F)cc(F)c2)CCC12CCCC2. The number of nitrogens with one attached hydrogen (secondary N) is 1. The van der Waals surface area contributed by atoms with Crippen LogP contribution in [0, 0.1) is 22.5 Å². The van der Waals surface area contributed by atoms with Gasteiger partial charge in [0.15, 0.2) is 0 Å². The summed E-state index contributed by atoms with van der Waals surface area (Å²) >= 11 is 0. The van der Waals surface area contributed by atoms with Crippen LogP contribution in [0.25, 0.3) is 10.9 Å². The number of carbonyl (C=O) groups excluding carboxylic acids is 2. The normalized spacial score (nSPS) is 26.0. The van der Waals surface area contributed by atoms with E-state index in [2.05, 4.69) is 28.5 Å². The lowest BCUT2D eigenvalue weighted by Crippen LogP contribution is -2.48. The van der Waals surface area contributed by atoms with Gasteiger partial charge in [0.25, 0.3) is 0 Å². The smallest absolute Gasteiger partial charge is 0.236 e. The molecule has 2 unspecified atom stereocenters. The molecule has 6 nitrogen and oxygen atoms in total. The molecule has 1 aromatic heterocycles. The lowest BCUT2D eigenvalue weighted by Gasteiger charge is -2.45. The van der Waals surface area contributed by atoms with Gasteiger partial charge in [-0.1, -0.05) is 12.8 Å². The molecule has 2 amide bonds. The lowest BCUT2D eigenvalue weighted by atomic mass is 9.74. The molecule has 0 radical (unpaired) electrons. The molecule has 1 saturated carbocycles. The lowest BCUT2D eigenvalue weighted by molar-refractivity contribution is -0.151. The van der Waals surface area contributed by atoms with Crippen molar-refractivity contribution in [3.05, 3.63) is 87.9 Å². The van der Waals surface area contributed by atoms with Gasteiger partial charge in [-0.05, 0) is 110 Å². The van der Waals surface area contributed by atoms with Crippen LogP contribution in [0.5, 0.6) is 0 Å². The summed E-state index contributed by atoms with van der Waals surface area (Å²) in [5.41, 5.74) is 4.69. The molecule has 2 fully saturated rings. The number of fused-ring (bicyclic) bond motifs is 3. The number of amides is 2. The Morgan fingerprint density at radius 1 is 0.952 bits per heavy atom. The van der Waals surface area contributed by atoms with E-state index in [0.717, 1.165) is 90.0 Å². The first-order valence-electron chi connectivity index (χ1n) is 15.1. The number of carbonyl (C=O) groups is 2. The second-order valence-corrected chi connectivity index (χ2v) is 12.9. The summed E-state index contributed by atoms with van der Waals surface area (Å²) in [7, 11) is 0. The highest BCUT2D eigenvalue weighted by atomic mass is 19.1. The van der Waals surface area contributed by atoms with Crippen LogP contribution in [0.2, 0.25) is 0 Å². The molecule has 2 aliphatic carbocycles. The van der Waals surface area contributed by atoms with E-state index in [1.165, 1.54) is 12.1 Å². The molecule has 4 heterocycles. The maximum Gasteiger partial charge on any atom is 0.236 e. The molecule has 42 heavy (non-hydrogen) atoms. The average Bonchev–Trinajstić information content (AvgIpc) is 3.66. The molecule has 2 spiro atoms. The predicted octanol–water partition coefficient (Wildman–Crippen LogP) is 6.23. The molecule has 3 aromatic rings. The quantitative estimate of drug-likeness (QED) is 0.409. The minimum Gasteiger partial charge on any atom is -0.331 e. The van der Waals surface area contributed by atoms with E-state index in [-0.39, 0.29) is 17.2 Å². The van der Waals surface area contributed by atoms with E-state index in [0.29, 0.717) is 31.4 Å². The highest BCUT2D eigenvalue weighted by molar-refractivity contribution is 5.94. The number of hydrogen-bond donors (Lipinski definition) is 1. The Hall–Kier alpha value is -3.94. The van der Waals surface area contributed by atoms with Crippen LogP contribution in [-0.2, 0) is 29.0 Å². The van der Waals surface area contributed by atoms with Gasteiger partial charge >= 0.3 is 0 Å². The maximum absolute atomic E-state index is 14.3. The third-order valence-electron chi connectivity index (χ3n) is 10.5. The Balaban J connectivity index is 1.13. The standard InChI is InChI=1S/C34H32F2N4O2/c35-25-12-22(13-26(36)15-25)29-5-8-33(6-1-2-7-33)32(42)40(29)19-20-10-21-11-23-16-34(17-24(23)14-28(21)38-18-20)27-4-3-9-37-30(27)39-31(34)41/h9-15,18,29H,1-8,16-17,19H2,(H,39,41). The first-order chi connectivity index (χ1) is 20.3. The summed E-state index contributed by atoms with van der Waals surface area (Å²) in [5.74, 6) is -0.413. The Bertz CT molecular complexity index is 1720. The number of rotatable bonds is 3. The number of aromatic nitrogens is 1. The van der Waals surface area contributed by atoms with Crippen LogP contribution in [0.15, 0.2) is 59.0 Å². The van der Waals surface area contributed by atoms with Crippen LogP contribution in [-0.4, -0.2) is 27.9 Å². The fourth-order valence-electron chi connectivity index (χ4n) is 8.44. The van der Waals surface area contributed by atoms with Gasteiger partial charge in [-0.15, -0.1) is 0 Å². The van der Waals surface area contributed by atoms with Gasteiger partial charge < -0.3 is 10.2 Å². The summed E-state index contributed by atoms with van der Waals surface area (Å²) in [4.78, 5) is 38.4. The number of hydrogen-bond acceptors (Lipinski definition) is 4. The minimum atomic E-state index is -0.628. The summed E-state index contributed by atoms with van der Waals surface area (Å²) in [6.07, 6.45) is 11.9. The summed E-state index contributed by atoms with van der Waals surface area (Å²) < 4.78 is 28.5. The zero-order valence-electron chi connectivity index (χ0n) is 23.4. The molecule has 1 N–H and O–H groups in total. The second kappa shape index (κ2) is 9.28. The van der Waals surface area contributed by atoms with Crippen molar-refractivity contribution >= 4 is 28.9 Å². The van der Waals surface area contributed by atoms with Crippen molar-refractivity contribution in [3.8, 4) is 0 Å². The van der Waals surface area contributed by atoms with E-state index in [4.69, 9.17) is 4.98 Å². The Labute approximate surface area is 242 Å². The fraction of sp³-hybridized carbons (Fsp3) is 0.412. The van der Waals surface area contributed by atoms with Crippen molar-refractivity contribution < 1.29 is 18.4 Å². The van der Waals surface area contributed by atoms with Crippen LogP contribution in [0.4, 0.5) is 8.78 Å². The van der Waals surface area contributed by atoms with Crippen LogP contribution < -0.4 is 5.32 Å². The molecule has 8 heteroatoms. The van der Waals surface area contributed by atoms with Gasteiger partial charge in [0.1, 0.15) is 17.5 Å².